The van der Waals surface area contributed by atoms with Gasteiger partial charge in [0, 0.05) is 58.3 Å². The Labute approximate surface area is 351 Å². The third-order valence-electron chi connectivity index (χ3n) is 9.89. The van der Waals surface area contributed by atoms with Crippen LogP contribution < -0.4 is 37.8 Å². The predicted octanol–water partition coefficient (Wildman–Crippen LogP) is -1.18. The largest absolute Gasteiger partial charge is 0.452 e. The first-order valence-electron chi connectivity index (χ1n) is 19.0. The van der Waals surface area contributed by atoms with Crippen LogP contribution in [0.3, 0.4) is 0 Å². The summed E-state index contributed by atoms with van der Waals surface area (Å²) in [6, 6.07) is 11.6. The van der Waals surface area contributed by atoms with Crippen LogP contribution in [-0.4, -0.2) is 114 Å². The first-order chi connectivity index (χ1) is 28.6. The Morgan fingerprint density at radius 1 is 0.817 bits per heavy atom. The fourth-order valence-corrected chi connectivity index (χ4v) is 7.04. The smallest absolute Gasteiger partial charge is 0.308 e. The molecule has 3 aromatic rings. The molecule has 0 bridgehead atoms. The minimum Gasteiger partial charge on any atom is -0.452 e. The van der Waals surface area contributed by atoms with E-state index in [1.54, 1.807) is 21.6 Å². The summed E-state index contributed by atoms with van der Waals surface area (Å²) in [6.45, 7) is -0.267. The minimum atomic E-state index is -1.67. The van der Waals surface area contributed by atoms with Crippen molar-refractivity contribution in [1.29, 1.82) is 0 Å². The van der Waals surface area contributed by atoms with Crippen LogP contribution in [0.2, 0.25) is 0 Å². The lowest BCUT2D eigenvalue weighted by atomic mass is 9.87. The zero-order valence-corrected chi connectivity index (χ0v) is 35.3. The SMILES string of the molecule is CN(CC(N)=O)C(=O)[C@H](Cc1cccnc1)NC(=O)[C@H](CC(N)=O)NC(=O)[C@H](CCC(=O)OP)NC(=O)C1(NC(=O)[C@H](Cc2ccc3ccccc3c2)NP)CCOCC1. The molecule has 2 unspecified atom stereocenters. The molecule has 0 aliphatic carbocycles. The summed E-state index contributed by atoms with van der Waals surface area (Å²) >= 11 is 0. The number of benzene rings is 2. The molecule has 0 spiro atoms. The number of nitrogens with two attached hydrogens (primary N) is 2. The van der Waals surface area contributed by atoms with Gasteiger partial charge in [0.2, 0.25) is 41.4 Å². The van der Waals surface area contributed by atoms with Crippen molar-refractivity contribution in [3.8, 4) is 0 Å². The van der Waals surface area contributed by atoms with Gasteiger partial charge in [-0.2, -0.15) is 0 Å². The second-order valence-corrected chi connectivity index (χ2v) is 14.9. The first kappa shape index (κ1) is 47.1. The maximum absolute atomic E-state index is 14.3. The van der Waals surface area contributed by atoms with Crippen molar-refractivity contribution in [2.75, 3.05) is 26.8 Å². The van der Waals surface area contributed by atoms with Gasteiger partial charge in [0.1, 0.15) is 23.7 Å². The molecule has 0 radical (unpaired) electrons. The van der Waals surface area contributed by atoms with E-state index < -0.39 is 90.0 Å². The molecule has 1 saturated heterocycles. The van der Waals surface area contributed by atoms with E-state index in [1.807, 2.05) is 42.5 Å². The number of carbonyl (C=O) groups is 8. The van der Waals surface area contributed by atoms with Crippen LogP contribution in [0.25, 0.3) is 10.8 Å². The molecule has 19 nitrogen and oxygen atoms in total. The number of aromatic nitrogens is 1. The normalized spacial score (nSPS) is 15.2. The van der Waals surface area contributed by atoms with E-state index in [0.29, 0.717) is 5.56 Å². The van der Waals surface area contributed by atoms with Gasteiger partial charge in [-0.3, -0.25) is 48.4 Å². The van der Waals surface area contributed by atoms with Gasteiger partial charge in [-0.15, -0.1) is 0 Å². The van der Waals surface area contributed by atoms with Crippen molar-refractivity contribution >= 4 is 76.9 Å². The molecule has 6 atom stereocenters. The van der Waals surface area contributed by atoms with Gasteiger partial charge < -0.3 is 46.9 Å². The van der Waals surface area contributed by atoms with Gasteiger partial charge in [-0.05, 0) is 40.8 Å². The van der Waals surface area contributed by atoms with Gasteiger partial charge in [0.05, 0.1) is 28.5 Å². The Morgan fingerprint density at radius 3 is 2.12 bits per heavy atom. The van der Waals surface area contributed by atoms with Crippen molar-refractivity contribution in [3.05, 3.63) is 78.1 Å². The predicted molar refractivity (Wildman–Crippen MR) is 225 cm³/mol. The summed E-state index contributed by atoms with van der Waals surface area (Å²) in [4.78, 5) is 110. The maximum atomic E-state index is 14.3. The highest BCUT2D eigenvalue weighted by atomic mass is 31.0. The topological polar surface area (TPSA) is 283 Å². The van der Waals surface area contributed by atoms with E-state index in [-0.39, 0.29) is 51.7 Å². The molecule has 1 aromatic heterocycles. The number of amides is 7. The summed E-state index contributed by atoms with van der Waals surface area (Å²) < 4.78 is 10.2. The van der Waals surface area contributed by atoms with E-state index >= 15 is 0 Å². The van der Waals surface area contributed by atoms with E-state index in [1.165, 1.54) is 19.4 Å². The molecule has 1 aliphatic heterocycles. The quantitative estimate of drug-likeness (QED) is 0.0624. The van der Waals surface area contributed by atoms with Gasteiger partial charge in [-0.1, -0.05) is 57.9 Å². The zero-order chi connectivity index (χ0) is 43.8. The Morgan fingerprint density at radius 2 is 1.48 bits per heavy atom. The standard InChI is InChI=1S/C39H51N9O10P2/c1-48(22-32(41)50)37(55)30(19-24-5-4-14-42-21-24)44-35(53)28(20-31(40)49)43-34(52)27(10-11-33(51)58-60)45-38(56)39(12-15-57-16-13-39)46-36(54)29(47-59)18-23-8-9-25-6-2-3-7-26(25)17-23/h2-9,14,17,21,27-30,47H,10-13,15-16,18-20,22,59-60H2,1H3,(H2,40,49)(H2,41,50)(H,43,52)(H,44,53)(H,45,56)(H,46,54)/t27-,28-,29-,30-/m0/s1. The van der Waals surface area contributed by atoms with Crippen LogP contribution in [0.15, 0.2) is 67.0 Å². The van der Waals surface area contributed by atoms with Gasteiger partial charge in [-0.25, -0.2) is 0 Å². The van der Waals surface area contributed by atoms with E-state index in [9.17, 15) is 38.4 Å². The van der Waals surface area contributed by atoms with Crippen LogP contribution in [0, 0.1) is 0 Å². The number of hydrogen-bond donors (Lipinski definition) is 7. The van der Waals surface area contributed by atoms with Crippen LogP contribution >= 0.6 is 18.9 Å². The molecule has 2 heterocycles. The average molecular weight is 868 g/mol. The second-order valence-electron chi connectivity index (χ2n) is 14.4. The number of carbonyl (C=O) groups excluding carboxylic acids is 8. The average Bonchev–Trinajstić information content (AvgIpc) is 3.23. The summed E-state index contributed by atoms with van der Waals surface area (Å²) in [5.41, 5.74) is 10.6. The monoisotopic (exact) mass is 867 g/mol. The third kappa shape index (κ3) is 13.7. The highest BCUT2D eigenvalue weighted by Gasteiger charge is 2.44. The number of nitrogens with one attached hydrogen (secondary N) is 5. The second kappa shape index (κ2) is 22.7. The van der Waals surface area contributed by atoms with Crippen LogP contribution in [0.1, 0.15) is 43.2 Å². The number of nitrogens with zero attached hydrogens (tertiary/aromatic N) is 2. The number of primary amides is 2. The number of ether oxygens (including phenoxy) is 1. The minimum absolute atomic E-state index is 0.0371. The van der Waals surface area contributed by atoms with E-state index in [4.69, 9.17) is 16.2 Å². The van der Waals surface area contributed by atoms with Crippen molar-refractivity contribution in [1.82, 2.24) is 36.2 Å². The molecule has 4 rings (SSSR count). The lowest BCUT2D eigenvalue weighted by molar-refractivity contribution is -0.141. The fraction of sp³-hybridized carbons (Fsp3) is 0.410. The van der Waals surface area contributed by atoms with Gasteiger partial charge >= 0.3 is 5.97 Å². The Bertz CT molecular complexity index is 2040. The van der Waals surface area contributed by atoms with E-state index in [0.717, 1.165) is 21.2 Å². The number of fused-ring (bicyclic) bond motifs is 1. The van der Waals surface area contributed by atoms with E-state index in [2.05, 4.69) is 45.3 Å². The molecular weight excluding hydrogens is 816 g/mol. The Kier molecular flexibility index (Phi) is 17.8. The van der Waals surface area contributed by atoms with Crippen molar-refractivity contribution < 1.29 is 47.6 Å². The molecular formula is C39H51N9O10P2. The van der Waals surface area contributed by atoms with Gasteiger partial charge in [0.25, 0.3) is 0 Å². The molecule has 9 N–H and O–H groups in total. The Balaban J connectivity index is 1.55. The molecule has 322 valence electrons. The van der Waals surface area contributed by atoms with Gasteiger partial charge in [0.15, 0.2) is 0 Å². The molecule has 2 aromatic carbocycles. The lowest BCUT2D eigenvalue weighted by Gasteiger charge is -2.38. The van der Waals surface area contributed by atoms with Crippen LogP contribution in [-0.2, 0) is 60.5 Å². The van der Waals surface area contributed by atoms with Crippen LogP contribution in [0.5, 0.6) is 0 Å². The number of hydrogen-bond acceptors (Lipinski definition) is 12. The number of pyridine rings is 1. The molecule has 7 amide bonds. The highest BCUT2D eigenvalue weighted by molar-refractivity contribution is 7.13. The molecule has 60 heavy (non-hydrogen) atoms. The molecule has 21 heteroatoms. The van der Waals surface area contributed by atoms with Crippen molar-refractivity contribution in [2.45, 2.75) is 74.7 Å². The summed E-state index contributed by atoms with van der Waals surface area (Å²) in [5, 5.41) is 15.5. The van der Waals surface area contributed by atoms with Crippen molar-refractivity contribution in [2.24, 2.45) is 11.5 Å². The summed E-state index contributed by atoms with van der Waals surface area (Å²) in [7, 11) is 5.43. The summed E-state index contributed by atoms with van der Waals surface area (Å²) in [6.07, 6.45) is 1.81. The number of rotatable bonds is 21. The van der Waals surface area contributed by atoms with Crippen LogP contribution in [0.4, 0.5) is 0 Å². The maximum Gasteiger partial charge on any atom is 0.308 e. The molecule has 1 fully saturated rings. The molecule has 0 saturated carbocycles. The zero-order valence-electron chi connectivity index (χ0n) is 33.0. The lowest BCUT2D eigenvalue weighted by Crippen LogP contribution is -2.66. The molecule has 1 aliphatic rings. The summed E-state index contributed by atoms with van der Waals surface area (Å²) in [5.74, 6) is -6.50. The number of likely N-dealkylation sites (N-methyl/N-ethyl adjacent to an activating group) is 1. The Hall–Kier alpha value is -5.61. The third-order valence-corrected chi connectivity index (χ3v) is 10.6. The van der Waals surface area contributed by atoms with Crippen molar-refractivity contribution in [3.63, 3.8) is 0 Å². The highest BCUT2D eigenvalue weighted by Crippen LogP contribution is 2.23. The fourth-order valence-electron chi connectivity index (χ4n) is 6.65. The first-order valence-corrected chi connectivity index (χ1v) is 20.0.